The molecule has 0 atom stereocenters. The molecule has 0 saturated carbocycles. The van der Waals surface area contributed by atoms with Crippen molar-refractivity contribution >= 4 is 65.4 Å². The summed E-state index contributed by atoms with van der Waals surface area (Å²) in [6.07, 6.45) is 1.90. The van der Waals surface area contributed by atoms with Crippen LogP contribution in [0.5, 0.6) is 0 Å². The molecular weight excluding hydrogens is 562 g/mol. The highest BCUT2D eigenvalue weighted by molar-refractivity contribution is 6.35. The molecule has 5 heteroatoms. The average molecular weight is 588 g/mol. The molecule has 0 aliphatic heterocycles. The first-order valence-corrected chi connectivity index (χ1v) is 15.5. The Morgan fingerprint density at radius 1 is 0.435 bits per heavy atom. The first kappa shape index (κ1) is 25.0. The molecule has 0 saturated heterocycles. The third-order valence-electron chi connectivity index (χ3n) is 9.14. The quantitative estimate of drug-likeness (QED) is 0.207. The molecular formula is C41H25N5. The summed E-state index contributed by atoms with van der Waals surface area (Å²) in [4.78, 5) is 15.7. The molecule has 10 rings (SSSR count). The predicted octanol–water partition coefficient (Wildman–Crippen LogP) is 10.0. The van der Waals surface area contributed by atoms with E-state index < -0.39 is 0 Å². The average Bonchev–Trinajstić information content (AvgIpc) is 3.66. The Morgan fingerprint density at radius 3 is 1.80 bits per heavy atom. The molecule has 6 aromatic carbocycles. The fourth-order valence-electron chi connectivity index (χ4n) is 7.28. The standard InChI is InChI=1S/C41H25N5/c1-3-14-26(15-4-1)37-28-18-7-10-22-32(28)43-41(44-37)46-34-24-12-9-20-30(34)36-38-31(21-13-25-42-38)35-29-19-8-11-23-33(29)45(39(35)40(36)46)27-16-5-2-6-17-27/h1-25H. The number of fused-ring (bicyclic) bond motifs is 11. The second-order valence-electron chi connectivity index (χ2n) is 11.6. The van der Waals surface area contributed by atoms with Crippen LogP contribution in [0, 0.1) is 0 Å². The summed E-state index contributed by atoms with van der Waals surface area (Å²) in [5.74, 6) is 0.630. The van der Waals surface area contributed by atoms with Gasteiger partial charge in [-0.1, -0.05) is 109 Å². The molecule has 10 aromatic rings. The van der Waals surface area contributed by atoms with Crippen molar-refractivity contribution in [2.24, 2.45) is 0 Å². The van der Waals surface area contributed by atoms with Crippen LogP contribution in [-0.4, -0.2) is 24.1 Å². The maximum Gasteiger partial charge on any atom is 0.235 e. The summed E-state index contributed by atoms with van der Waals surface area (Å²) in [7, 11) is 0. The van der Waals surface area contributed by atoms with Gasteiger partial charge in [-0.3, -0.25) is 9.55 Å². The van der Waals surface area contributed by atoms with Gasteiger partial charge < -0.3 is 4.57 Å². The zero-order valence-corrected chi connectivity index (χ0v) is 24.7. The fourth-order valence-corrected chi connectivity index (χ4v) is 7.28. The summed E-state index contributed by atoms with van der Waals surface area (Å²) in [5.41, 5.74) is 9.26. The largest absolute Gasteiger partial charge is 0.307 e. The van der Waals surface area contributed by atoms with E-state index in [0.717, 1.165) is 71.6 Å². The first-order chi connectivity index (χ1) is 22.9. The molecule has 0 bridgehead atoms. The van der Waals surface area contributed by atoms with Crippen LogP contribution in [0.3, 0.4) is 0 Å². The topological polar surface area (TPSA) is 48.5 Å². The number of rotatable bonds is 3. The normalized spacial score (nSPS) is 11.9. The summed E-state index contributed by atoms with van der Waals surface area (Å²) < 4.78 is 4.66. The van der Waals surface area contributed by atoms with Gasteiger partial charge in [-0.25, -0.2) is 9.97 Å². The van der Waals surface area contributed by atoms with Gasteiger partial charge in [0.15, 0.2) is 0 Å². The fraction of sp³-hybridized carbons (Fsp3) is 0. The molecule has 0 unspecified atom stereocenters. The monoisotopic (exact) mass is 587 g/mol. The molecule has 4 heterocycles. The van der Waals surface area contributed by atoms with E-state index in [1.165, 1.54) is 10.8 Å². The Bertz CT molecular complexity index is 2790. The summed E-state index contributed by atoms with van der Waals surface area (Å²) >= 11 is 0. The van der Waals surface area contributed by atoms with E-state index in [4.69, 9.17) is 15.0 Å². The lowest BCUT2D eigenvalue weighted by molar-refractivity contribution is 1.01. The Labute approximate surface area is 263 Å². The van der Waals surface area contributed by atoms with Crippen LogP contribution in [0.2, 0.25) is 0 Å². The minimum Gasteiger partial charge on any atom is -0.307 e. The van der Waals surface area contributed by atoms with Gasteiger partial charge in [0, 0.05) is 49.8 Å². The summed E-state index contributed by atoms with van der Waals surface area (Å²) in [6.45, 7) is 0. The van der Waals surface area contributed by atoms with Crippen molar-refractivity contribution in [1.29, 1.82) is 0 Å². The van der Waals surface area contributed by atoms with E-state index in [1.54, 1.807) is 0 Å². The second kappa shape index (κ2) is 9.58. The molecule has 0 N–H and O–H groups in total. The number of nitrogens with zero attached hydrogens (tertiary/aromatic N) is 5. The van der Waals surface area contributed by atoms with Crippen molar-refractivity contribution in [1.82, 2.24) is 24.1 Å². The zero-order valence-electron chi connectivity index (χ0n) is 24.7. The van der Waals surface area contributed by atoms with Crippen molar-refractivity contribution in [3.63, 3.8) is 0 Å². The summed E-state index contributed by atoms with van der Waals surface area (Å²) in [5, 5.41) is 6.71. The molecule has 0 aliphatic rings. The maximum absolute atomic E-state index is 5.38. The molecule has 0 aliphatic carbocycles. The SMILES string of the molecule is c1ccc(-c2nc(-n3c4ccccc4c4c5ncccc5c5c6ccccc6n(-c6ccccc6)c5c43)nc3ccccc23)cc1. The predicted molar refractivity (Wildman–Crippen MR) is 189 cm³/mol. The number of benzene rings is 6. The van der Waals surface area contributed by atoms with E-state index in [-0.39, 0.29) is 0 Å². The Balaban J connectivity index is 1.50. The van der Waals surface area contributed by atoms with Gasteiger partial charge in [0.2, 0.25) is 5.95 Å². The lowest BCUT2D eigenvalue weighted by Gasteiger charge is -2.14. The Hall–Kier alpha value is -6.33. The van der Waals surface area contributed by atoms with Crippen molar-refractivity contribution in [3.8, 4) is 22.9 Å². The zero-order chi connectivity index (χ0) is 30.2. The second-order valence-corrected chi connectivity index (χ2v) is 11.6. The van der Waals surface area contributed by atoms with E-state index in [9.17, 15) is 0 Å². The van der Waals surface area contributed by atoms with Crippen molar-refractivity contribution in [2.45, 2.75) is 0 Å². The molecule has 0 amide bonds. The van der Waals surface area contributed by atoms with Crippen LogP contribution in [-0.2, 0) is 0 Å². The van der Waals surface area contributed by atoms with Crippen LogP contribution in [0.4, 0.5) is 0 Å². The lowest BCUT2D eigenvalue weighted by atomic mass is 10.0. The van der Waals surface area contributed by atoms with Gasteiger partial charge in [-0.05, 0) is 36.4 Å². The van der Waals surface area contributed by atoms with Crippen molar-refractivity contribution < 1.29 is 0 Å². The number of pyridine rings is 1. The number of hydrogen-bond donors (Lipinski definition) is 0. The summed E-state index contributed by atoms with van der Waals surface area (Å²) in [6, 6.07) is 50.8. The molecule has 0 fully saturated rings. The van der Waals surface area contributed by atoms with Crippen LogP contribution < -0.4 is 0 Å². The minimum atomic E-state index is 0.630. The van der Waals surface area contributed by atoms with Gasteiger partial charge >= 0.3 is 0 Å². The van der Waals surface area contributed by atoms with Crippen LogP contribution in [0.1, 0.15) is 0 Å². The highest BCUT2D eigenvalue weighted by Crippen LogP contribution is 2.46. The van der Waals surface area contributed by atoms with E-state index >= 15 is 0 Å². The van der Waals surface area contributed by atoms with E-state index in [1.807, 2.05) is 24.4 Å². The highest BCUT2D eigenvalue weighted by Gasteiger charge is 2.26. The van der Waals surface area contributed by atoms with Crippen LogP contribution in [0.25, 0.3) is 88.3 Å². The minimum absolute atomic E-state index is 0.630. The van der Waals surface area contributed by atoms with Crippen molar-refractivity contribution in [2.75, 3.05) is 0 Å². The van der Waals surface area contributed by atoms with Gasteiger partial charge in [0.05, 0.1) is 38.8 Å². The molecule has 5 nitrogen and oxygen atoms in total. The van der Waals surface area contributed by atoms with Gasteiger partial charge in [0.1, 0.15) is 0 Å². The Morgan fingerprint density at radius 2 is 1.02 bits per heavy atom. The van der Waals surface area contributed by atoms with Gasteiger partial charge in [-0.2, -0.15) is 0 Å². The molecule has 0 spiro atoms. The third-order valence-corrected chi connectivity index (χ3v) is 9.14. The molecule has 214 valence electrons. The molecule has 0 radical (unpaired) electrons. The Kier molecular flexibility index (Phi) is 5.22. The number of aromatic nitrogens is 5. The van der Waals surface area contributed by atoms with Crippen molar-refractivity contribution in [3.05, 3.63) is 152 Å². The number of hydrogen-bond acceptors (Lipinski definition) is 3. The maximum atomic E-state index is 5.38. The molecule has 46 heavy (non-hydrogen) atoms. The third kappa shape index (κ3) is 3.42. The lowest BCUT2D eigenvalue weighted by Crippen LogP contribution is -2.05. The van der Waals surface area contributed by atoms with Crippen LogP contribution >= 0.6 is 0 Å². The van der Waals surface area contributed by atoms with E-state index in [0.29, 0.717) is 5.95 Å². The molecule has 4 aromatic heterocycles. The highest BCUT2D eigenvalue weighted by atomic mass is 15.2. The first-order valence-electron chi connectivity index (χ1n) is 15.5. The van der Waals surface area contributed by atoms with Gasteiger partial charge in [0.25, 0.3) is 0 Å². The number of para-hydroxylation sites is 4. The van der Waals surface area contributed by atoms with Gasteiger partial charge in [-0.15, -0.1) is 0 Å². The van der Waals surface area contributed by atoms with E-state index in [2.05, 4.69) is 137 Å². The smallest absolute Gasteiger partial charge is 0.235 e. The van der Waals surface area contributed by atoms with Crippen LogP contribution in [0.15, 0.2) is 152 Å².